The number of sulfonamides is 1. The highest BCUT2D eigenvalue weighted by molar-refractivity contribution is 7.89. The number of carbonyl (C=O) groups is 1. The molecule has 10 heteroatoms. The lowest BCUT2D eigenvalue weighted by molar-refractivity contribution is -0.137. The van der Waals surface area contributed by atoms with Crippen molar-refractivity contribution >= 4 is 15.9 Å². The Balaban J connectivity index is 1.96. The molecule has 0 spiro atoms. The number of methoxy groups -OCH3 is 1. The van der Waals surface area contributed by atoms with E-state index in [0.717, 1.165) is 5.69 Å². The second-order valence-corrected chi connectivity index (χ2v) is 8.15. The molecule has 0 aliphatic carbocycles. The van der Waals surface area contributed by atoms with Gasteiger partial charge in [0.1, 0.15) is 11.8 Å². The van der Waals surface area contributed by atoms with Gasteiger partial charge in [0.15, 0.2) is 0 Å². The number of hydroxylamine groups is 1. The number of amides is 1. The maximum Gasteiger partial charge on any atom is 0.262 e. The Labute approximate surface area is 163 Å². The molecule has 1 N–H and O–H groups in total. The number of nitrogens with zero attached hydrogens (tertiary/aromatic N) is 3. The van der Waals surface area contributed by atoms with E-state index >= 15 is 0 Å². The van der Waals surface area contributed by atoms with Crippen molar-refractivity contribution in [1.82, 2.24) is 19.3 Å². The van der Waals surface area contributed by atoms with E-state index in [-0.39, 0.29) is 24.5 Å². The molecule has 1 aliphatic rings. The third-order valence-corrected chi connectivity index (χ3v) is 6.40. The fraction of sp³-hybridized carbons (Fsp3) is 0.333. The molecule has 1 aromatic heterocycles. The lowest BCUT2D eigenvalue weighted by Crippen LogP contribution is -2.52. The third-order valence-electron chi connectivity index (χ3n) is 4.53. The van der Waals surface area contributed by atoms with Gasteiger partial charge in [-0.25, -0.2) is 18.9 Å². The molecule has 0 fully saturated rings. The Morgan fingerprint density at radius 2 is 2.11 bits per heavy atom. The van der Waals surface area contributed by atoms with Crippen LogP contribution in [0.3, 0.4) is 0 Å². The molecule has 1 aliphatic heterocycles. The van der Waals surface area contributed by atoms with Crippen LogP contribution in [0, 0.1) is 0 Å². The average molecular weight is 406 g/mol. The van der Waals surface area contributed by atoms with Crippen molar-refractivity contribution in [3.8, 4) is 5.75 Å². The second-order valence-electron chi connectivity index (χ2n) is 6.26. The van der Waals surface area contributed by atoms with Crippen LogP contribution in [0.25, 0.3) is 0 Å². The average Bonchev–Trinajstić information content (AvgIpc) is 3.07. The van der Waals surface area contributed by atoms with Gasteiger partial charge >= 0.3 is 0 Å². The summed E-state index contributed by atoms with van der Waals surface area (Å²) < 4.78 is 34.6. The summed E-state index contributed by atoms with van der Waals surface area (Å²) >= 11 is 0. The van der Waals surface area contributed by atoms with Crippen LogP contribution in [0.15, 0.2) is 48.1 Å². The van der Waals surface area contributed by atoms with Crippen molar-refractivity contribution in [1.29, 1.82) is 0 Å². The van der Waals surface area contributed by atoms with Gasteiger partial charge in [0.2, 0.25) is 10.0 Å². The van der Waals surface area contributed by atoms with E-state index in [1.54, 1.807) is 30.1 Å². The van der Waals surface area contributed by atoms with E-state index < -0.39 is 22.0 Å². The molecule has 0 unspecified atom stereocenters. The van der Waals surface area contributed by atoms with E-state index in [4.69, 9.17) is 9.57 Å². The van der Waals surface area contributed by atoms with Crippen molar-refractivity contribution in [3.63, 3.8) is 0 Å². The van der Waals surface area contributed by atoms with E-state index in [1.165, 1.54) is 29.6 Å². The summed E-state index contributed by atoms with van der Waals surface area (Å²) in [6.07, 6.45) is 3.23. The molecule has 2 heterocycles. The number of aromatic nitrogens is 2. The summed E-state index contributed by atoms with van der Waals surface area (Å²) in [5.41, 5.74) is 3.72. The van der Waals surface area contributed by atoms with Crippen LogP contribution in [-0.4, -0.2) is 47.9 Å². The van der Waals surface area contributed by atoms with Crippen molar-refractivity contribution < 1.29 is 22.8 Å². The zero-order valence-electron chi connectivity index (χ0n) is 15.7. The number of hydrogen-bond acceptors (Lipinski definition) is 6. The maximum atomic E-state index is 13.3. The maximum absolute atomic E-state index is 13.3. The fourth-order valence-corrected chi connectivity index (χ4v) is 4.57. The van der Waals surface area contributed by atoms with Crippen LogP contribution < -0.4 is 10.2 Å². The number of imidazole rings is 1. The van der Waals surface area contributed by atoms with Gasteiger partial charge in [-0.1, -0.05) is 6.08 Å². The number of ether oxygens (including phenoxy) is 1. The lowest BCUT2D eigenvalue weighted by atomic mass is 10.0. The van der Waals surface area contributed by atoms with Gasteiger partial charge in [0.05, 0.1) is 42.9 Å². The van der Waals surface area contributed by atoms with Crippen molar-refractivity contribution in [2.24, 2.45) is 7.05 Å². The van der Waals surface area contributed by atoms with Crippen LogP contribution in [-0.2, 0) is 39.7 Å². The summed E-state index contributed by atoms with van der Waals surface area (Å²) in [6.45, 7) is 3.64. The van der Waals surface area contributed by atoms with Gasteiger partial charge in [-0.3, -0.25) is 9.63 Å². The summed E-state index contributed by atoms with van der Waals surface area (Å²) in [7, 11) is -0.658. The minimum atomic E-state index is -3.95. The minimum Gasteiger partial charge on any atom is -0.497 e. The molecule has 1 atom stereocenters. The van der Waals surface area contributed by atoms with Gasteiger partial charge in [0, 0.05) is 13.5 Å². The number of hydrogen-bond donors (Lipinski definition) is 1. The third kappa shape index (κ3) is 3.79. The highest BCUT2D eigenvalue weighted by Crippen LogP contribution is 2.29. The first kappa shape index (κ1) is 20.1. The molecule has 0 bridgehead atoms. The minimum absolute atomic E-state index is 0.0275. The Bertz CT molecular complexity index is 968. The van der Waals surface area contributed by atoms with E-state index in [0.29, 0.717) is 11.4 Å². The second kappa shape index (κ2) is 8.13. The number of benzene rings is 1. The number of aryl methyl sites for hydroxylation is 1. The topological polar surface area (TPSA) is 103 Å². The van der Waals surface area contributed by atoms with Gasteiger partial charge in [0.25, 0.3) is 5.91 Å². The van der Waals surface area contributed by atoms with Crippen LogP contribution in [0.5, 0.6) is 5.75 Å². The Hall–Kier alpha value is -2.69. The molecule has 1 aromatic carbocycles. The van der Waals surface area contributed by atoms with Crippen molar-refractivity contribution in [3.05, 3.63) is 54.6 Å². The zero-order valence-corrected chi connectivity index (χ0v) is 16.5. The lowest BCUT2D eigenvalue weighted by Gasteiger charge is -2.33. The molecular weight excluding hydrogens is 384 g/mol. The van der Waals surface area contributed by atoms with Crippen LogP contribution in [0.2, 0.25) is 0 Å². The SMILES string of the molecule is C=CCONC(=O)[C@H]1Cc2ncn(C)c2CN1S(=O)(=O)c1ccc(OC)cc1. The molecule has 0 saturated heterocycles. The first-order chi connectivity index (χ1) is 13.4. The van der Waals surface area contributed by atoms with Crippen molar-refractivity contribution in [2.45, 2.75) is 23.9 Å². The monoisotopic (exact) mass is 406 g/mol. The van der Waals surface area contributed by atoms with Crippen LogP contribution in [0.4, 0.5) is 0 Å². The molecule has 3 rings (SSSR count). The van der Waals surface area contributed by atoms with Gasteiger partial charge in [-0.05, 0) is 24.3 Å². The Morgan fingerprint density at radius 3 is 2.75 bits per heavy atom. The predicted molar refractivity (Wildman–Crippen MR) is 101 cm³/mol. The quantitative estimate of drug-likeness (QED) is 0.414. The van der Waals surface area contributed by atoms with Crippen LogP contribution >= 0.6 is 0 Å². The summed E-state index contributed by atoms with van der Waals surface area (Å²) in [5, 5.41) is 0. The summed E-state index contributed by atoms with van der Waals surface area (Å²) in [6, 6.07) is 5.05. The molecule has 0 radical (unpaired) electrons. The van der Waals surface area contributed by atoms with Crippen LogP contribution in [0.1, 0.15) is 11.4 Å². The molecule has 2 aromatic rings. The molecule has 9 nitrogen and oxygen atoms in total. The molecule has 150 valence electrons. The number of fused-ring (bicyclic) bond motifs is 1. The standard InChI is InChI=1S/C18H22N4O5S/c1-4-9-27-20-18(23)16-10-15-17(21(2)12-19-15)11-22(16)28(24,25)14-7-5-13(26-3)6-8-14/h4-8,12,16H,1,9-11H2,2-3H3,(H,20,23)/t16-/m1/s1. The fourth-order valence-electron chi connectivity index (χ4n) is 3.02. The van der Waals surface area contributed by atoms with Gasteiger partial charge < -0.3 is 9.30 Å². The van der Waals surface area contributed by atoms with E-state index in [9.17, 15) is 13.2 Å². The zero-order chi connectivity index (χ0) is 20.3. The summed E-state index contributed by atoms with van der Waals surface area (Å²) in [4.78, 5) is 22.0. The smallest absolute Gasteiger partial charge is 0.262 e. The van der Waals surface area contributed by atoms with Gasteiger partial charge in [-0.2, -0.15) is 4.31 Å². The van der Waals surface area contributed by atoms with Crippen molar-refractivity contribution in [2.75, 3.05) is 13.7 Å². The predicted octanol–water partition coefficient (Wildman–Crippen LogP) is 0.778. The Kier molecular flexibility index (Phi) is 5.82. The highest BCUT2D eigenvalue weighted by atomic mass is 32.2. The van der Waals surface area contributed by atoms with Gasteiger partial charge in [-0.15, -0.1) is 6.58 Å². The molecular formula is C18H22N4O5S. The number of carbonyl (C=O) groups excluding carboxylic acids is 1. The first-order valence-corrected chi connectivity index (χ1v) is 10.00. The van der Waals surface area contributed by atoms with E-state index in [2.05, 4.69) is 17.0 Å². The summed E-state index contributed by atoms with van der Waals surface area (Å²) in [5.74, 6) is -0.0196. The largest absolute Gasteiger partial charge is 0.497 e. The Morgan fingerprint density at radius 1 is 1.39 bits per heavy atom. The molecule has 0 saturated carbocycles. The molecule has 1 amide bonds. The normalized spacial score (nSPS) is 17.0. The van der Waals surface area contributed by atoms with E-state index in [1.807, 2.05) is 0 Å². The number of rotatable bonds is 7. The first-order valence-electron chi connectivity index (χ1n) is 8.56. The molecule has 28 heavy (non-hydrogen) atoms. The highest BCUT2D eigenvalue weighted by Gasteiger charge is 2.41. The number of nitrogens with one attached hydrogen (secondary N) is 1.